The van der Waals surface area contributed by atoms with Crippen molar-refractivity contribution in [3.63, 3.8) is 0 Å². The molecular formula is C74H132O6. The molecule has 6 heteroatoms. The maximum Gasteiger partial charge on any atom is 0.306 e. The van der Waals surface area contributed by atoms with Gasteiger partial charge in [-0.15, -0.1) is 0 Å². The summed E-state index contributed by atoms with van der Waals surface area (Å²) >= 11 is 0. The van der Waals surface area contributed by atoms with Crippen molar-refractivity contribution in [2.75, 3.05) is 13.2 Å². The number of rotatable bonds is 64. The van der Waals surface area contributed by atoms with Gasteiger partial charge in [-0.25, -0.2) is 0 Å². The van der Waals surface area contributed by atoms with Gasteiger partial charge < -0.3 is 14.2 Å². The molecule has 6 nitrogen and oxygen atoms in total. The zero-order valence-corrected chi connectivity index (χ0v) is 53.3. The van der Waals surface area contributed by atoms with E-state index in [0.29, 0.717) is 19.3 Å². The van der Waals surface area contributed by atoms with Crippen LogP contribution in [0.5, 0.6) is 0 Å². The number of hydrogen-bond donors (Lipinski definition) is 0. The third-order valence-electron chi connectivity index (χ3n) is 15.5. The molecule has 0 N–H and O–H groups in total. The Morgan fingerprint density at radius 1 is 0.263 bits per heavy atom. The van der Waals surface area contributed by atoms with E-state index in [1.165, 1.54) is 218 Å². The van der Waals surface area contributed by atoms with Gasteiger partial charge in [0.1, 0.15) is 13.2 Å². The van der Waals surface area contributed by atoms with E-state index in [0.717, 1.165) is 103 Å². The maximum absolute atomic E-state index is 12.9. The molecule has 0 bridgehead atoms. The summed E-state index contributed by atoms with van der Waals surface area (Å²) < 4.78 is 16.8. The Balaban J connectivity index is 3.97. The van der Waals surface area contributed by atoms with E-state index >= 15 is 0 Å². The van der Waals surface area contributed by atoms with Crippen LogP contribution in [0.25, 0.3) is 0 Å². The van der Waals surface area contributed by atoms with Crippen molar-refractivity contribution in [3.8, 4) is 0 Å². The minimum absolute atomic E-state index is 0.0720. The molecule has 0 saturated carbocycles. The highest BCUT2D eigenvalue weighted by Crippen LogP contribution is 2.18. The molecular weight excluding hydrogens is 985 g/mol. The lowest BCUT2D eigenvalue weighted by molar-refractivity contribution is -0.167. The summed E-state index contributed by atoms with van der Waals surface area (Å²) in [7, 11) is 0. The predicted octanol–water partition coefficient (Wildman–Crippen LogP) is 24.1. The molecule has 0 aromatic rings. The minimum Gasteiger partial charge on any atom is -0.462 e. The molecule has 0 aliphatic rings. The van der Waals surface area contributed by atoms with Crippen molar-refractivity contribution >= 4 is 17.9 Å². The summed E-state index contributed by atoms with van der Waals surface area (Å²) in [4.78, 5) is 38.0. The lowest BCUT2D eigenvalue weighted by Gasteiger charge is -2.18. The molecule has 0 aliphatic heterocycles. The van der Waals surface area contributed by atoms with Gasteiger partial charge in [-0.3, -0.25) is 14.4 Å². The van der Waals surface area contributed by atoms with Gasteiger partial charge in [-0.05, 0) is 70.6 Å². The fraction of sp³-hybridized carbons (Fsp3) is 0.797. The summed E-state index contributed by atoms with van der Waals surface area (Å²) in [6.07, 6.45) is 89.9. The van der Waals surface area contributed by atoms with E-state index < -0.39 is 6.10 Å². The number of unbranched alkanes of at least 4 members (excludes halogenated alkanes) is 41. The summed E-state index contributed by atoms with van der Waals surface area (Å²) in [6.45, 7) is 6.49. The highest BCUT2D eigenvalue weighted by molar-refractivity contribution is 5.71. The Kier molecular flexibility index (Phi) is 65.7. The Labute approximate surface area is 497 Å². The van der Waals surface area contributed by atoms with Crippen LogP contribution in [0, 0.1) is 0 Å². The first-order valence-electron chi connectivity index (χ1n) is 34.9. The average molecular weight is 1120 g/mol. The third kappa shape index (κ3) is 65.7. The zero-order valence-electron chi connectivity index (χ0n) is 53.3. The van der Waals surface area contributed by atoms with Crippen molar-refractivity contribution < 1.29 is 28.6 Å². The van der Waals surface area contributed by atoms with E-state index in [1.54, 1.807) is 0 Å². The molecule has 0 amide bonds. The van der Waals surface area contributed by atoms with Crippen molar-refractivity contribution in [1.29, 1.82) is 0 Å². The lowest BCUT2D eigenvalue weighted by Crippen LogP contribution is -2.30. The van der Waals surface area contributed by atoms with Crippen LogP contribution in [-0.2, 0) is 28.6 Å². The van der Waals surface area contributed by atoms with Crippen LogP contribution in [0.2, 0.25) is 0 Å². The Morgan fingerprint density at radius 3 is 0.762 bits per heavy atom. The summed E-state index contributed by atoms with van der Waals surface area (Å²) in [6, 6.07) is 0. The topological polar surface area (TPSA) is 78.9 Å². The van der Waals surface area contributed by atoms with Crippen LogP contribution in [0.15, 0.2) is 72.9 Å². The molecule has 1 unspecified atom stereocenters. The van der Waals surface area contributed by atoms with Gasteiger partial charge in [0.05, 0.1) is 0 Å². The van der Waals surface area contributed by atoms with Crippen LogP contribution in [0.1, 0.15) is 361 Å². The second-order valence-electron chi connectivity index (χ2n) is 23.4. The van der Waals surface area contributed by atoms with Crippen LogP contribution >= 0.6 is 0 Å². The first kappa shape index (κ1) is 76.9. The molecule has 0 saturated heterocycles. The van der Waals surface area contributed by atoms with E-state index in [1.807, 2.05) is 0 Å². The molecule has 0 aliphatic carbocycles. The van der Waals surface area contributed by atoms with Crippen molar-refractivity contribution in [2.24, 2.45) is 0 Å². The van der Waals surface area contributed by atoms with Crippen LogP contribution in [0.3, 0.4) is 0 Å². The smallest absolute Gasteiger partial charge is 0.306 e. The molecule has 0 fully saturated rings. The Bertz CT molecular complexity index is 1470. The number of carbonyl (C=O) groups is 3. The minimum atomic E-state index is -0.770. The van der Waals surface area contributed by atoms with Crippen molar-refractivity contribution in [1.82, 2.24) is 0 Å². The van der Waals surface area contributed by atoms with Gasteiger partial charge in [-0.1, -0.05) is 344 Å². The molecule has 1 atom stereocenters. The van der Waals surface area contributed by atoms with E-state index in [2.05, 4.69) is 93.7 Å². The summed E-state index contributed by atoms with van der Waals surface area (Å²) in [5.41, 5.74) is 0. The van der Waals surface area contributed by atoms with Gasteiger partial charge in [-0.2, -0.15) is 0 Å². The number of ether oxygens (including phenoxy) is 3. The van der Waals surface area contributed by atoms with Gasteiger partial charge >= 0.3 is 17.9 Å². The quantitative estimate of drug-likeness (QED) is 0.0261. The molecule has 0 heterocycles. The first-order valence-corrected chi connectivity index (χ1v) is 34.9. The van der Waals surface area contributed by atoms with Crippen LogP contribution < -0.4 is 0 Å². The standard InChI is InChI=1S/C74H132O6/c1-4-7-10-13-15-17-19-21-23-25-27-29-31-33-35-36-37-38-39-41-42-44-46-48-50-52-54-56-58-61-64-67-73(76)79-70-71(69-78-72(75)66-63-60-12-9-6-3)80-74(77)68-65-62-59-57-55-53-51-49-47-45-43-40-34-32-30-28-26-24-22-20-18-16-14-11-8-5-2/h7,10,15,17,21,23,27,29,33,35,37-38,71H,4-6,8-9,11-14,16,18-20,22,24-26,28,30-32,34,36,39-70H2,1-3H3/b10-7-,17-15-,23-21-,29-27-,35-33-,38-37-. The highest BCUT2D eigenvalue weighted by Gasteiger charge is 2.19. The van der Waals surface area contributed by atoms with E-state index in [9.17, 15) is 14.4 Å². The fourth-order valence-corrected chi connectivity index (χ4v) is 10.3. The maximum atomic E-state index is 12.9. The first-order chi connectivity index (χ1) is 39.5. The zero-order chi connectivity index (χ0) is 57.8. The average Bonchev–Trinajstić information content (AvgIpc) is 3.46. The van der Waals surface area contributed by atoms with Gasteiger partial charge in [0, 0.05) is 19.3 Å². The lowest BCUT2D eigenvalue weighted by atomic mass is 10.0. The molecule has 0 radical (unpaired) electrons. The van der Waals surface area contributed by atoms with E-state index in [-0.39, 0.29) is 31.1 Å². The number of esters is 3. The number of hydrogen-bond acceptors (Lipinski definition) is 6. The normalized spacial score (nSPS) is 12.5. The summed E-state index contributed by atoms with van der Waals surface area (Å²) in [5.74, 6) is -0.868. The van der Waals surface area contributed by atoms with Crippen LogP contribution in [-0.4, -0.2) is 37.2 Å². The molecule has 80 heavy (non-hydrogen) atoms. The van der Waals surface area contributed by atoms with Gasteiger partial charge in [0.25, 0.3) is 0 Å². The predicted molar refractivity (Wildman–Crippen MR) is 348 cm³/mol. The third-order valence-corrected chi connectivity index (χ3v) is 15.5. The molecule has 464 valence electrons. The fourth-order valence-electron chi connectivity index (χ4n) is 10.3. The molecule has 0 aromatic carbocycles. The van der Waals surface area contributed by atoms with Crippen molar-refractivity contribution in [2.45, 2.75) is 367 Å². The molecule has 0 aromatic heterocycles. The van der Waals surface area contributed by atoms with Crippen LogP contribution in [0.4, 0.5) is 0 Å². The number of allylic oxidation sites excluding steroid dienone is 12. The second kappa shape index (κ2) is 68.3. The van der Waals surface area contributed by atoms with Gasteiger partial charge in [0.15, 0.2) is 6.10 Å². The molecule has 0 spiro atoms. The highest BCUT2D eigenvalue weighted by atomic mass is 16.6. The Hall–Kier alpha value is -3.15. The molecule has 0 rings (SSSR count). The largest absolute Gasteiger partial charge is 0.462 e. The monoisotopic (exact) mass is 1120 g/mol. The summed E-state index contributed by atoms with van der Waals surface area (Å²) in [5, 5.41) is 0. The SMILES string of the molecule is CC/C=C\C/C=C\C/C=C\C/C=C\C/C=C\C/C=C\CCCCCCCCCCCCCCC(=O)OCC(COC(=O)CCCCCCC)OC(=O)CCCCCCCCCCCCCCCCCCCCCCCCCCCC. The Morgan fingerprint density at radius 2 is 0.487 bits per heavy atom. The number of carbonyl (C=O) groups excluding carboxylic acids is 3. The second-order valence-corrected chi connectivity index (χ2v) is 23.4. The van der Waals surface area contributed by atoms with Crippen molar-refractivity contribution in [3.05, 3.63) is 72.9 Å². The van der Waals surface area contributed by atoms with Gasteiger partial charge in [0.2, 0.25) is 0 Å². The van der Waals surface area contributed by atoms with E-state index in [4.69, 9.17) is 14.2 Å².